The lowest BCUT2D eigenvalue weighted by molar-refractivity contribution is 0.146. The molecule has 0 aliphatic carbocycles. The summed E-state index contributed by atoms with van der Waals surface area (Å²) >= 11 is 7.99. The number of methoxy groups -OCH3 is 1. The molecular formula is C16H21ClN2O3S2. The second-order valence-electron chi connectivity index (χ2n) is 5.96. The smallest absolute Gasteiger partial charge is 0.282 e. The van der Waals surface area contributed by atoms with E-state index in [1.54, 1.807) is 29.8 Å². The maximum atomic E-state index is 12.9. The first kappa shape index (κ1) is 18.1. The van der Waals surface area contributed by atoms with Crippen LogP contribution in [0.5, 0.6) is 0 Å². The summed E-state index contributed by atoms with van der Waals surface area (Å²) in [6, 6.07) is 7.77. The Morgan fingerprint density at radius 2 is 2.17 bits per heavy atom. The van der Waals surface area contributed by atoms with Crippen LogP contribution >= 0.6 is 22.9 Å². The Labute approximate surface area is 151 Å². The van der Waals surface area contributed by atoms with Crippen molar-refractivity contribution in [2.24, 2.45) is 0 Å². The Kier molecular flexibility index (Phi) is 5.48. The first-order valence-corrected chi connectivity index (χ1v) is 10.4. The zero-order valence-corrected chi connectivity index (χ0v) is 16.1. The van der Waals surface area contributed by atoms with Crippen molar-refractivity contribution in [3.8, 4) is 0 Å². The molecule has 1 fully saturated rings. The van der Waals surface area contributed by atoms with E-state index in [0.29, 0.717) is 18.2 Å². The quantitative estimate of drug-likeness (QED) is 0.762. The van der Waals surface area contributed by atoms with E-state index in [1.807, 2.05) is 24.3 Å². The molecule has 24 heavy (non-hydrogen) atoms. The molecule has 0 radical (unpaired) electrons. The first-order chi connectivity index (χ1) is 11.4. The molecular weight excluding hydrogens is 368 g/mol. The van der Waals surface area contributed by atoms with Gasteiger partial charge >= 0.3 is 0 Å². The fourth-order valence-corrected chi connectivity index (χ4v) is 6.28. The van der Waals surface area contributed by atoms with Crippen LogP contribution in [-0.4, -0.2) is 50.4 Å². The van der Waals surface area contributed by atoms with Gasteiger partial charge in [-0.15, -0.1) is 11.3 Å². The van der Waals surface area contributed by atoms with Crippen LogP contribution in [-0.2, 0) is 21.5 Å². The topological polar surface area (TPSA) is 49.9 Å². The van der Waals surface area contributed by atoms with Crippen molar-refractivity contribution in [2.75, 3.05) is 27.3 Å². The number of thiophene rings is 1. The maximum Gasteiger partial charge on any atom is 0.282 e. The lowest BCUT2D eigenvalue weighted by Crippen LogP contribution is -2.45. The van der Waals surface area contributed by atoms with Gasteiger partial charge in [0, 0.05) is 41.7 Å². The van der Waals surface area contributed by atoms with Gasteiger partial charge < -0.3 is 4.74 Å². The average Bonchev–Trinajstić information content (AvgIpc) is 3.14. The second kappa shape index (κ2) is 7.27. The highest BCUT2D eigenvalue weighted by atomic mass is 35.5. The molecule has 0 bridgehead atoms. The number of rotatable bonds is 6. The summed E-state index contributed by atoms with van der Waals surface area (Å²) < 4.78 is 35.0. The minimum atomic E-state index is -3.53. The molecule has 0 N–H and O–H groups in total. The van der Waals surface area contributed by atoms with Crippen molar-refractivity contribution in [2.45, 2.75) is 25.4 Å². The lowest BCUT2D eigenvalue weighted by Gasteiger charge is -2.28. The lowest BCUT2D eigenvalue weighted by atomic mass is 10.2. The van der Waals surface area contributed by atoms with E-state index < -0.39 is 10.2 Å². The summed E-state index contributed by atoms with van der Waals surface area (Å²) in [4.78, 5) is 0.867. The van der Waals surface area contributed by atoms with Crippen LogP contribution in [0.2, 0.25) is 5.02 Å². The highest BCUT2D eigenvalue weighted by Gasteiger charge is 2.37. The van der Waals surface area contributed by atoms with Crippen molar-refractivity contribution in [3.63, 3.8) is 0 Å². The van der Waals surface area contributed by atoms with Gasteiger partial charge in [0.05, 0.1) is 18.2 Å². The average molecular weight is 389 g/mol. The Hall–Kier alpha value is -0.700. The van der Waals surface area contributed by atoms with Crippen molar-refractivity contribution in [3.05, 3.63) is 34.2 Å². The molecule has 1 aromatic heterocycles. The zero-order valence-electron chi connectivity index (χ0n) is 13.7. The minimum Gasteiger partial charge on any atom is -0.383 e. The predicted octanol–water partition coefficient (Wildman–Crippen LogP) is 3.34. The van der Waals surface area contributed by atoms with E-state index in [1.165, 1.54) is 4.31 Å². The monoisotopic (exact) mass is 388 g/mol. The van der Waals surface area contributed by atoms with E-state index in [-0.39, 0.29) is 12.6 Å². The van der Waals surface area contributed by atoms with Crippen LogP contribution in [0, 0.1) is 0 Å². The number of ether oxygens (including phenoxy) is 1. The third-order valence-corrected chi connectivity index (χ3v) is 8.03. The highest BCUT2D eigenvalue weighted by molar-refractivity contribution is 7.86. The molecule has 1 saturated heterocycles. The Morgan fingerprint density at radius 1 is 1.42 bits per heavy atom. The van der Waals surface area contributed by atoms with Gasteiger partial charge in [0.1, 0.15) is 0 Å². The molecule has 1 aromatic carbocycles. The van der Waals surface area contributed by atoms with Gasteiger partial charge in [-0.25, -0.2) is 0 Å². The van der Waals surface area contributed by atoms with Crippen LogP contribution in [0.25, 0.3) is 10.1 Å². The molecule has 0 amide bonds. The molecule has 1 aliphatic rings. The molecule has 5 nitrogen and oxygen atoms in total. The van der Waals surface area contributed by atoms with Crippen LogP contribution in [0.15, 0.2) is 24.3 Å². The summed E-state index contributed by atoms with van der Waals surface area (Å²) in [5.74, 6) is 0. The van der Waals surface area contributed by atoms with Crippen LogP contribution in [0.3, 0.4) is 0 Å². The number of hydrogen-bond acceptors (Lipinski definition) is 4. The highest BCUT2D eigenvalue weighted by Crippen LogP contribution is 2.36. The number of fused-ring (bicyclic) bond motifs is 1. The number of halogens is 1. The summed E-state index contributed by atoms with van der Waals surface area (Å²) in [7, 11) is -0.317. The molecule has 0 saturated carbocycles. The molecule has 0 spiro atoms. The van der Waals surface area contributed by atoms with Crippen molar-refractivity contribution in [1.29, 1.82) is 0 Å². The van der Waals surface area contributed by atoms with Crippen molar-refractivity contribution < 1.29 is 13.2 Å². The Bertz CT molecular complexity index is 822. The SMILES string of the molecule is COCC1CCCN1S(=O)(=O)N(C)Cc1sc2ccccc2c1Cl. The van der Waals surface area contributed by atoms with Gasteiger partial charge in [0.25, 0.3) is 10.2 Å². The zero-order chi connectivity index (χ0) is 17.3. The summed E-state index contributed by atoms with van der Waals surface area (Å²) in [5.41, 5.74) is 0. The van der Waals surface area contributed by atoms with Crippen molar-refractivity contribution >= 4 is 43.2 Å². The molecule has 3 rings (SSSR count). The van der Waals surface area contributed by atoms with Crippen molar-refractivity contribution in [1.82, 2.24) is 8.61 Å². The molecule has 1 aliphatic heterocycles. The first-order valence-electron chi connectivity index (χ1n) is 7.83. The fourth-order valence-electron chi connectivity index (χ4n) is 3.10. The van der Waals surface area contributed by atoms with E-state index in [2.05, 4.69) is 0 Å². The molecule has 2 aromatic rings. The van der Waals surface area contributed by atoms with E-state index >= 15 is 0 Å². The van der Waals surface area contributed by atoms with Crippen LogP contribution in [0.4, 0.5) is 0 Å². The second-order valence-corrected chi connectivity index (χ2v) is 9.46. The predicted molar refractivity (Wildman–Crippen MR) is 98.8 cm³/mol. The Morgan fingerprint density at radius 3 is 2.88 bits per heavy atom. The van der Waals surface area contributed by atoms with Gasteiger partial charge in [-0.05, 0) is 18.9 Å². The molecule has 132 valence electrons. The number of nitrogens with zero attached hydrogens (tertiary/aromatic N) is 2. The van der Waals surface area contributed by atoms with E-state index in [9.17, 15) is 8.42 Å². The van der Waals surface area contributed by atoms with E-state index in [4.69, 9.17) is 16.3 Å². The largest absolute Gasteiger partial charge is 0.383 e. The van der Waals surface area contributed by atoms with Gasteiger partial charge in [0.15, 0.2) is 0 Å². The molecule has 1 atom stereocenters. The third-order valence-electron chi connectivity index (χ3n) is 4.34. The maximum absolute atomic E-state index is 12.9. The fraction of sp³-hybridized carbons (Fsp3) is 0.500. The van der Waals surface area contributed by atoms with Gasteiger partial charge in [-0.1, -0.05) is 29.8 Å². The Balaban J connectivity index is 1.82. The van der Waals surface area contributed by atoms with E-state index in [0.717, 1.165) is 27.8 Å². The number of hydrogen-bond donors (Lipinski definition) is 0. The summed E-state index contributed by atoms with van der Waals surface area (Å²) in [6.07, 6.45) is 1.70. The van der Waals surface area contributed by atoms with Crippen LogP contribution in [0.1, 0.15) is 17.7 Å². The minimum absolute atomic E-state index is 0.0830. The molecule has 8 heteroatoms. The van der Waals surface area contributed by atoms with Gasteiger partial charge in [-0.3, -0.25) is 0 Å². The van der Waals surface area contributed by atoms with Gasteiger partial charge in [-0.2, -0.15) is 17.0 Å². The summed E-state index contributed by atoms with van der Waals surface area (Å²) in [6.45, 7) is 1.24. The molecule has 1 unspecified atom stereocenters. The number of benzene rings is 1. The van der Waals surface area contributed by atoms with Crippen LogP contribution < -0.4 is 0 Å². The standard InChI is InChI=1S/C16H21ClN2O3S2/c1-18(24(20,21)19-9-5-6-12(19)11-22-2)10-15-16(17)13-7-3-4-8-14(13)23-15/h3-4,7-8,12H,5-6,9-11H2,1-2H3. The third kappa shape index (κ3) is 3.34. The summed E-state index contributed by atoms with van der Waals surface area (Å²) in [5, 5.41) is 1.62. The molecule has 2 heterocycles. The van der Waals surface area contributed by atoms with Gasteiger partial charge in [0.2, 0.25) is 0 Å². The normalized spacial score (nSPS) is 19.6.